The molecule has 0 heterocycles. The number of hydrogen-bond acceptors (Lipinski definition) is 2. The van der Waals surface area contributed by atoms with Crippen molar-refractivity contribution in [2.24, 2.45) is 0 Å². The minimum atomic E-state index is -0.485. The smallest absolute Gasteiger partial charge is 0.242 e. The largest absolute Gasteiger partial charge is 0.355 e. The van der Waals surface area contributed by atoms with Crippen molar-refractivity contribution < 1.29 is 9.59 Å². The lowest BCUT2D eigenvalue weighted by atomic mass is 10.1. The Morgan fingerprint density at radius 2 is 1.61 bits per heavy atom. The van der Waals surface area contributed by atoms with E-state index in [-0.39, 0.29) is 11.8 Å². The lowest BCUT2D eigenvalue weighted by Gasteiger charge is -2.30. The first-order valence-corrected chi connectivity index (χ1v) is 10.2. The molecule has 5 heteroatoms. The van der Waals surface area contributed by atoms with Crippen molar-refractivity contribution in [3.63, 3.8) is 0 Å². The summed E-state index contributed by atoms with van der Waals surface area (Å²) in [5.41, 5.74) is 3.27. The summed E-state index contributed by atoms with van der Waals surface area (Å²) in [5.74, 6) is -0.128. The van der Waals surface area contributed by atoms with Crippen LogP contribution in [0, 0.1) is 6.92 Å². The Morgan fingerprint density at radius 1 is 1.00 bits per heavy atom. The van der Waals surface area contributed by atoms with Crippen LogP contribution in [0.25, 0.3) is 0 Å². The average Bonchev–Trinajstić information content (AvgIpc) is 2.69. The molecular weight excluding hydrogens is 372 g/mol. The third kappa shape index (κ3) is 6.38. The third-order valence-electron chi connectivity index (χ3n) is 4.75. The van der Waals surface area contributed by atoms with E-state index in [1.54, 1.807) is 17.0 Å². The molecule has 2 amide bonds. The number of carbonyl (C=O) groups is 2. The molecule has 4 nitrogen and oxygen atoms in total. The molecule has 0 saturated heterocycles. The van der Waals surface area contributed by atoms with Gasteiger partial charge in [0.25, 0.3) is 0 Å². The molecule has 0 radical (unpaired) electrons. The van der Waals surface area contributed by atoms with Crippen molar-refractivity contribution in [2.75, 3.05) is 6.54 Å². The topological polar surface area (TPSA) is 49.4 Å². The highest BCUT2D eigenvalue weighted by Gasteiger charge is 2.28. The van der Waals surface area contributed by atoms with E-state index < -0.39 is 6.04 Å². The van der Waals surface area contributed by atoms with Crippen LogP contribution >= 0.6 is 11.6 Å². The zero-order valence-electron chi connectivity index (χ0n) is 16.9. The number of aryl methyl sites for hydroxylation is 2. The number of halogens is 1. The van der Waals surface area contributed by atoms with Gasteiger partial charge in [0.05, 0.1) is 0 Å². The Bertz CT molecular complexity index is 772. The van der Waals surface area contributed by atoms with Gasteiger partial charge in [-0.3, -0.25) is 9.59 Å². The summed E-state index contributed by atoms with van der Waals surface area (Å²) in [6.45, 7) is 6.79. The minimum Gasteiger partial charge on any atom is -0.355 e. The molecule has 0 fully saturated rings. The fourth-order valence-corrected chi connectivity index (χ4v) is 3.27. The Balaban J connectivity index is 2.16. The van der Waals surface area contributed by atoms with Gasteiger partial charge in [-0.05, 0) is 49.9 Å². The molecule has 0 spiro atoms. The number of hydrogen-bond donors (Lipinski definition) is 1. The van der Waals surface area contributed by atoms with E-state index in [4.69, 9.17) is 11.6 Å². The molecule has 0 aliphatic carbocycles. The van der Waals surface area contributed by atoms with Crippen LogP contribution in [0.3, 0.4) is 0 Å². The van der Waals surface area contributed by atoms with Crippen molar-refractivity contribution >= 4 is 23.4 Å². The van der Waals surface area contributed by atoms with Crippen molar-refractivity contribution in [2.45, 2.75) is 52.6 Å². The molecule has 1 N–H and O–H groups in total. The Labute approximate surface area is 172 Å². The predicted molar refractivity (Wildman–Crippen MR) is 114 cm³/mol. The summed E-state index contributed by atoms with van der Waals surface area (Å²) in [6, 6.07) is 15.1. The number of nitrogens with zero attached hydrogens (tertiary/aromatic N) is 1. The van der Waals surface area contributed by atoms with Crippen LogP contribution in [0.2, 0.25) is 5.02 Å². The molecule has 0 aliphatic rings. The van der Waals surface area contributed by atoms with Crippen molar-refractivity contribution in [3.8, 4) is 0 Å². The molecule has 150 valence electrons. The van der Waals surface area contributed by atoms with Crippen LogP contribution in [0.15, 0.2) is 48.5 Å². The van der Waals surface area contributed by atoms with Crippen LogP contribution in [-0.4, -0.2) is 29.3 Å². The maximum absolute atomic E-state index is 13.1. The molecular formula is C23H29ClN2O2. The molecule has 0 unspecified atom stereocenters. The van der Waals surface area contributed by atoms with Crippen LogP contribution in [0.5, 0.6) is 0 Å². The first-order valence-electron chi connectivity index (χ1n) is 9.81. The van der Waals surface area contributed by atoms with Gasteiger partial charge < -0.3 is 10.2 Å². The second-order valence-electron chi connectivity index (χ2n) is 6.95. The standard InChI is InChI=1S/C23H29ClN2O2/c1-4-21(23(28)25-5-2)26(16-19-10-13-20(24)14-11-19)22(27)15-12-18-8-6-17(3)7-9-18/h6-11,13-14,21H,4-5,12,15-16H2,1-3H3,(H,25,28)/t21-/m1/s1. The van der Waals surface area contributed by atoms with E-state index in [0.29, 0.717) is 37.4 Å². The number of likely N-dealkylation sites (N-methyl/N-ethyl adjacent to an activating group) is 1. The SMILES string of the molecule is CCNC(=O)[C@@H](CC)N(Cc1ccc(Cl)cc1)C(=O)CCc1ccc(C)cc1. The number of rotatable bonds is 9. The monoisotopic (exact) mass is 400 g/mol. The van der Waals surface area contributed by atoms with Gasteiger partial charge in [-0.1, -0.05) is 60.5 Å². The number of nitrogens with one attached hydrogen (secondary N) is 1. The highest BCUT2D eigenvalue weighted by molar-refractivity contribution is 6.30. The Hall–Kier alpha value is -2.33. The van der Waals surface area contributed by atoms with E-state index in [1.807, 2.05) is 45.0 Å². The van der Waals surface area contributed by atoms with E-state index in [2.05, 4.69) is 17.4 Å². The molecule has 0 aromatic heterocycles. The number of amides is 2. The Kier molecular flexibility index (Phi) is 8.52. The third-order valence-corrected chi connectivity index (χ3v) is 5.00. The zero-order chi connectivity index (χ0) is 20.5. The maximum atomic E-state index is 13.1. The quantitative estimate of drug-likeness (QED) is 0.672. The number of benzene rings is 2. The van der Waals surface area contributed by atoms with E-state index in [9.17, 15) is 9.59 Å². The first kappa shape index (κ1) is 22.0. The summed E-state index contributed by atoms with van der Waals surface area (Å²) in [5, 5.41) is 3.50. The second-order valence-corrected chi connectivity index (χ2v) is 7.39. The molecule has 28 heavy (non-hydrogen) atoms. The lowest BCUT2D eigenvalue weighted by molar-refractivity contribution is -0.141. The van der Waals surface area contributed by atoms with Gasteiger partial charge >= 0.3 is 0 Å². The fraction of sp³-hybridized carbons (Fsp3) is 0.391. The zero-order valence-corrected chi connectivity index (χ0v) is 17.6. The molecule has 2 aromatic carbocycles. The first-order chi connectivity index (χ1) is 13.4. The van der Waals surface area contributed by atoms with Crippen molar-refractivity contribution in [1.29, 1.82) is 0 Å². The molecule has 0 bridgehead atoms. The van der Waals surface area contributed by atoms with Gasteiger partial charge in [-0.25, -0.2) is 0 Å². The van der Waals surface area contributed by atoms with Crippen molar-refractivity contribution in [1.82, 2.24) is 10.2 Å². The van der Waals surface area contributed by atoms with Gasteiger partial charge in [0, 0.05) is 24.5 Å². The van der Waals surface area contributed by atoms with Crippen molar-refractivity contribution in [3.05, 3.63) is 70.2 Å². The minimum absolute atomic E-state index is 0.0198. The molecule has 2 aromatic rings. The Morgan fingerprint density at radius 3 is 2.18 bits per heavy atom. The van der Waals surface area contributed by atoms with Crippen LogP contribution in [-0.2, 0) is 22.6 Å². The van der Waals surface area contributed by atoms with Crippen LogP contribution in [0.1, 0.15) is 43.4 Å². The maximum Gasteiger partial charge on any atom is 0.242 e. The predicted octanol–water partition coefficient (Wildman–Crippen LogP) is 4.52. The lowest BCUT2D eigenvalue weighted by Crippen LogP contribution is -2.49. The summed E-state index contributed by atoms with van der Waals surface area (Å²) >= 11 is 5.98. The summed E-state index contributed by atoms with van der Waals surface area (Å²) in [7, 11) is 0. The highest BCUT2D eigenvalue weighted by atomic mass is 35.5. The van der Waals surface area contributed by atoms with Crippen LogP contribution in [0.4, 0.5) is 0 Å². The van der Waals surface area contributed by atoms with E-state index in [1.165, 1.54) is 5.56 Å². The normalized spacial score (nSPS) is 11.7. The van der Waals surface area contributed by atoms with E-state index in [0.717, 1.165) is 11.1 Å². The molecule has 0 aliphatic heterocycles. The molecule has 0 saturated carbocycles. The molecule has 1 atom stereocenters. The summed E-state index contributed by atoms with van der Waals surface area (Å²) in [4.78, 5) is 27.3. The van der Waals surface area contributed by atoms with Gasteiger partial charge in [-0.15, -0.1) is 0 Å². The fourth-order valence-electron chi connectivity index (χ4n) is 3.15. The highest BCUT2D eigenvalue weighted by Crippen LogP contribution is 2.17. The molecule has 2 rings (SSSR count). The van der Waals surface area contributed by atoms with Gasteiger partial charge in [0.1, 0.15) is 6.04 Å². The van der Waals surface area contributed by atoms with Gasteiger partial charge in [0.15, 0.2) is 0 Å². The van der Waals surface area contributed by atoms with E-state index >= 15 is 0 Å². The number of carbonyl (C=O) groups excluding carboxylic acids is 2. The summed E-state index contributed by atoms with van der Waals surface area (Å²) in [6.07, 6.45) is 1.59. The van der Waals surface area contributed by atoms with Crippen LogP contribution < -0.4 is 5.32 Å². The average molecular weight is 401 g/mol. The van der Waals surface area contributed by atoms with Gasteiger partial charge in [-0.2, -0.15) is 0 Å². The van der Waals surface area contributed by atoms with Gasteiger partial charge in [0.2, 0.25) is 11.8 Å². The second kappa shape index (κ2) is 10.9. The summed E-state index contributed by atoms with van der Waals surface area (Å²) < 4.78 is 0.